The van der Waals surface area contributed by atoms with Gasteiger partial charge in [0.05, 0.1) is 9.37 Å². The third kappa shape index (κ3) is 3.05. The van der Waals surface area contributed by atoms with Crippen LogP contribution in [0.15, 0.2) is 27.6 Å². The molecule has 0 radical (unpaired) electrons. The Labute approximate surface area is 126 Å². The molecular formula is C13H16BrFN2O2S. The predicted octanol–water partition coefficient (Wildman–Crippen LogP) is 2.10. The fraction of sp³-hybridized carbons (Fsp3) is 0.538. The van der Waals surface area contributed by atoms with E-state index in [2.05, 4.69) is 25.6 Å². The van der Waals surface area contributed by atoms with Crippen LogP contribution in [-0.4, -0.2) is 38.5 Å². The first kappa shape index (κ1) is 14.4. The SMILES string of the molecule is O=S(=O)(NC1CCN(C2CC2)C1)c1ccc(Br)c(F)c1. The second-order valence-electron chi connectivity index (χ2n) is 5.41. The molecule has 1 unspecified atom stereocenters. The standard InChI is InChI=1S/C13H16BrFN2O2S/c14-12-4-3-11(7-13(12)15)20(18,19)16-9-5-6-17(8-9)10-1-2-10/h3-4,7,9-10,16H,1-2,5-6,8H2. The molecule has 2 fully saturated rings. The van der Waals surface area contributed by atoms with Gasteiger partial charge in [-0.25, -0.2) is 17.5 Å². The van der Waals surface area contributed by atoms with Gasteiger partial charge in [-0.3, -0.25) is 4.90 Å². The largest absolute Gasteiger partial charge is 0.299 e. The van der Waals surface area contributed by atoms with Crippen LogP contribution in [0.1, 0.15) is 19.3 Å². The Morgan fingerprint density at radius 3 is 2.70 bits per heavy atom. The van der Waals surface area contributed by atoms with E-state index in [4.69, 9.17) is 0 Å². The molecular weight excluding hydrogens is 347 g/mol. The van der Waals surface area contributed by atoms with Gasteiger partial charge < -0.3 is 0 Å². The highest BCUT2D eigenvalue weighted by atomic mass is 79.9. The summed E-state index contributed by atoms with van der Waals surface area (Å²) in [4.78, 5) is 2.30. The first-order valence-electron chi connectivity index (χ1n) is 6.67. The maximum atomic E-state index is 13.5. The molecule has 4 nitrogen and oxygen atoms in total. The van der Waals surface area contributed by atoms with Gasteiger partial charge in [0.2, 0.25) is 10.0 Å². The molecule has 0 spiro atoms. The van der Waals surface area contributed by atoms with Crippen molar-refractivity contribution in [1.29, 1.82) is 0 Å². The zero-order chi connectivity index (χ0) is 14.3. The van der Waals surface area contributed by atoms with Gasteiger partial charge in [0, 0.05) is 25.2 Å². The van der Waals surface area contributed by atoms with Crippen LogP contribution < -0.4 is 4.72 Å². The second kappa shape index (κ2) is 5.36. The molecule has 110 valence electrons. The van der Waals surface area contributed by atoms with E-state index in [1.54, 1.807) is 0 Å². The van der Waals surface area contributed by atoms with Crippen molar-refractivity contribution < 1.29 is 12.8 Å². The third-order valence-electron chi connectivity index (χ3n) is 3.81. The highest BCUT2D eigenvalue weighted by molar-refractivity contribution is 9.10. The van der Waals surface area contributed by atoms with Gasteiger partial charge in [0.1, 0.15) is 5.82 Å². The minimum atomic E-state index is -3.65. The van der Waals surface area contributed by atoms with Crippen LogP contribution in [0.3, 0.4) is 0 Å². The van der Waals surface area contributed by atoms with Gasteiger partial charge in [-0.1, -0.05) is 0 Å². The van der Waals surface area contributed by atoms with Crippen molar-refractivity contribution in [3.05, 3.63) is 28.5 Å². The van der Waals surface area contributed by atoms with Crippen LogP contribution in [0, 0.1) is 5.82 Å². The topological polar surface area (TPSA) is 49.4 Å². The summed E-state index contributed by atoms with van der Waals surface area (Å²) in [5.41, 5.74) is 0. The molecule has 1 heterocycles. The van der Waals surface area contributed by atoms with Crippen molar-refractivity contribution in [2.45, 2.75) is 36.2 Å². The number of nitrogens with zero attached hydrogens (tertiary/aromatic N) is 1. The summed E-state index contributed by atoms with van der Waals surface area (Å²) in [7, 11) is -3.65. The maximum Gasteiger partial charge on any atom is 0.240 e. The van der Waals surface area contributed by atoms with Gasteiger partial charge in [0.25, 0.3) is 0 Å². The summed E-state index contributed by atoms with van der Waals surface area (Å²) in [6.07, 6.45) is 3.25. The predicted molar refractivity (Wildman–Crippen MR) is 77.4 cm³/mol. The lowest BCUT2D eigenvalue weighted by Gasteiger charge is -2.16. The summed E-state index contributed by atoms with van der Waals surface area (Å²) in [6.45, 7) is 1.69. The van der Waals surface area contributed by atoms with Gasteiger partial charge >= 0.3 is 0 Å². The van der Waals surface area contributed by atoms with Crippen LogP contribution in [0.25, 0.3) is 0 Å². The van der Waals surface area contributed by atoms with Crippen molar-refractivity contribution in [2.75, 3.05) is 13.1 Å². The number of rotatable bonds is 4. The molecule has 0 aromatic heterocycles. The fourth-order valence-electron chi connectivity index (χ4n) is 2.59. The molecule has 1 aromatic rings. The molecule has 1 N–H and O–H groups in total. The van der Waals surface area contributed by atoms with E-state index in [1.165, 1.54) is 25.0 Å². The zero-order valence-corrected chi connectivity index (χ0v) is 13.3. The Hall–Kier alpha value is -0.500. The van der Waals surface area contributed by atoms with Crippen molar-refractivity contribution in [3.63, 3.8) is 0 Å². The first-order chi connectivity index (χ1) is 9.45. The van der Waals surface area contributed by atoms with Crippen molar-refractivity contribution in [2.24, 2.45) is 0 Å². The number of hydrogen-bond acceptors (Lipinski definition) is 3. The smallest absolute Gasteiger partial charge is 0.240 e. The quantitative estimate of drug-likeness (QED) is 0.892. The summed E-state index contributed by atoms with van der Waals surface area (Å²) < 4.78 is 40.9. The maximum absolute atomic E-state index is 13.5. The Morgan fingerprint density at radius 2 is 2.05 bits per heavy atom. The van der Waals surface area contributed by atoms with E-state index in [-0.39, 0.29) is 15.4 Å². The van der Waals surface area contributed by atoms with Gasteiger partial charge in [0.15, 0.2) is 0 Å². The molecule has 20 heavy (non-hydrogen) atoms. The van der Waals surface area contributed by atoms with Crippen molar-refractivity contribution in [3.8, 4) is 0 Å². The lowest BCUT2D eigenvalue weighted by Crippen LogP contribution is -2.37. The summed E-state index contributed by atoms with van der Waals surface area (Å²) >= 11 is 3.02. The number of hydrogen-bond donors (Lipinski definition) is 1. The van der Waals surface area contributed by atoms with Crippen LogP contribution in [0.4, 0.5) is 4.39 Å². The lowest BCUT2D eigenvalue weighted by atomic mass is 10.3. The van der Waals surface area contributed by atoms with E-state index in [1.807, 2.05) is 0 Å². The normalized spacial score (nSPS) is 24.2. The second-order valence-corrected chi connectivity index (χ2v) is 7.98. The van der Waals surface area contributed by atoms with E-state index in [0.29, 0.717) is 6.04 Å². The molecule has 2 aliphatic rings. The van der Waals surface area contributed by atoms with Crippen molar-refractivity contribution in [1.82, 2.24) is 9.62 Å². The van der Waals surface area contributed by atoms with Gasteiger partial charge in [-0.15, -0.1) is 0 Å². The van der Waals surface area contributed by atoms with Gasteiger partial charge in [-0.2, -0.15) is 0 Å². The minimum Gasteiger partial charge on any atom is -0.299 e. The Balaban J connectivity index is 1.70. The fourth-order valence-corrected chi connectivity index (χ4v) is 4.11. The molecule has 1 aliphatic heterocycles. The zero-order valence-electron chi connectivity index (χ0n) is 10.9. The molecule has 0 bridgehead atoms. The highest BCUT2D eigenvalue weighted by Gasteiger charge is 2.35. The number of sulfonamides is 1. The van der Waals surface area contributed by atoms with Gasteiger partial charge in [-0.05, 0) is 53.4 Å². The summed E-state index contributed by atoms with van der Waals surface area (Å²) in [5, 5.41) is 0. The van der Waals surface area contributed by atoms with Crippen LogP contribution in [0.5, 0.6) is 0 Å². The van der Waals surface area contributed by atoms with Crippen molar-refractivity contribution >= 4 is 26.0 Å². The number of likely N-dealkylation sites (tertiary alicyclic amines) is 1. The van der Waals surface area contributed by atoms with Crippen LogP contribution in [-0.2, 0) is 10.0 Å². The van der Waals surface area contributed by atoms with E-state index in [9.17, 15) is 12.8 Å². The Morgan fingerprint density at radius 1 is 1.30 bits per heavy atom. The molecule has 1 atom stereocenters. The van der Waals surface area contributed by atoms with E-state index >= 15 is 0 Å². The lowest BCUT2D eigenvalue weighted by molar-refractivity contribution is 0.322. The Kier molecular flexibility index (Phi) is 3.87. The van der Waals surface area contributed by atoms with Crippen LogP contribution in [0.2, 0.25) is 0 Å². The number of nitrogens with one attached hydrogen (secondary N) is 1. The average Bonchev–Trinajstić information content (AvgIpc) is 3.14. The Bertz CT molecular complexity index is 619. The molecule has 1 aliphatic carbocycles. The summed E-state index contributed by atoms with van der Waals surface area (Å²) in [6, 6.07) is 4.43. The third-order valence-corrected chi connectivity index (χ3v) is 5.97. The molecule has 1 saturated heterocycles. The van der Waals surface area contributed by atoms with E-state index in [0.717, 1.165) is 25.6 Å². The first-order valence-corrected chi connectivity index (χ1v) is 8.95. The van der Waals surface area contributed by atoms with Crippen LogP contribution >= 0.6 is 15.9 Å². The molecule has 3 rings (SSSR count). The molecule has 7 heteroatoms. The highest BCUT2D eigenvalue weighted by Crippen LogP contribution is 2.30. The average molecular weight is 363 g/mol. The number of halogens is 2. The monoisotopic (exact) mass is 362 g/mol. The minimum absolute atomic E-state index is 0.0249. The molecule has 1 saturated carbocycles. The molecule has 0 amide bonds. The number of benzene rings is 1. The summed E-state index contributed by atoms with van der Waals surface area (Å²) in [5.74, 6) is -0.570. The molecule has 1 aromatic carbocycles. The van der Waals surface area contributed by atoms with E-state index < -0.39 is 15.8 Å².